The molecule has 0 aromatic heterocycles. The molecule has 0 saturated carbocycles. The number of methoxy groups -OCH3 is 1. The van der Waals surface area contributed by atoms with Gasteiger partial charge in [0.2, 0.25) is 0 Å². The summed E-state index contributed by atoms with van der Waals surface area (Å²) in [6.07, 6.45) is 1.43. The number of hydrogen-bond acceptors (Lipinski definition) is 4. The van der Waals surface area contributed by atoms with Crippen LogP contribution in [0.15, 0.2) is 58.1 Å². The van der Waals surface area contributed by atoms with Crippen LogP contribution in [-0.4, -0.2) is 25.1 Å². The van der Waals surface area contributed by atoms with E-state index < -0.39 is 11.8 Å². The first-order valence-electron chi connectivity index (χ1n) is 6.62. The predicted octanol–water partition coefficient (Wildman–Crippen LogP) is 2.55. The van der Waals surface area contributed by atoms with Crippen LogP contribution in [0.2, 0.25) is 0 Å². The molecule has 2 rings (SSSR count). The monoisotopic (exact) mass is 375 g/mol. The second-order valence-electron chi connectivity index (χ2n) is 4.43. The van der Waals surface area contributed by atoms with Gasteiger partial charge in [-0.1, -0.05) is 15.9 Å². The molecule has 0 spiro atoms. The summed E-state index contributed by atoms with van der Waals surface area (Å²) in [7, 11) is 1.58. The number of anilines is 1. The van der Waals surface area contributed by atoms with E-state index in [0.29, 0.717) is 5.69 Å². The van der Waals surface area contributed by atoms with Crippen molar-refractivity contribution < 1.29 is 14.3 Å². The summed E-state index contributed by atoms with van der Waals surface area (Å²) >= 11 is 3.29. The molecule has 118 valence electrons. The number of rotatable bonds is 4. The van der Waals surface area contributed by atoms with Crippen molar-refractivity contribution in [3.63, 3.8) is 0 Å². The number of carbonyl (C=O) groups is 2. The lowest BCUT2D eigenvalue weighted by molar-refractivity contribution is -0.136. The zero-order valence-electron chi connectivity index (χ0n) is 12.2. The number of ether oxygens (including phenoxy) is 1. The third-order valence-corrected chi connectivity index (χ3v) is 3.33. The highest BCUT2D eigenvalue weighted by Crippen LogP contribution is 2.13. The summed E-state index contributed by atoms with van der Waals surface area (Å²) in [5.41, 5.74) is 3.45. The summed E-state index contributed by atoms with van der Waals surface area (Å²) in [6, 6.07) is 14.0. The van der Waals surface area contributed by atoms with Crippen LogP contribution < -0.4 is 15.5 Å². The molecule has 0 fully saturated rings. The maximum atomic E-state index is 11.7. The number of amides is 2. The van der Waals surface area contributed by atoms with E-state index >= 15 is 0 Å². The standard InChI is InChI=1S/C16H14BrN3O3/c1-23-14-8-2-11(3-9-14)10-18-20-16(22)15(21)19-13-6-4-12(17)5-7-13/h2-10H,1H3,(H,19,21)(H,20,22)/b18-10-. The maximum Gasteiger partial charge on any atom is 0.329 e. The summed E-state index contributed by atoms with van der Waals surface area (Å²) in [6.45, 7) is 0. The minimum absolute atomic E-state index is 0.521. The van der Waals surface area contributed by atoms with Gasteiger partial charge in [-0.05, 0) is 54.1 Å². The zero-order chi connectivity index (χ0) is 16.7. The van der Waals surface area contributed by atoms with Crippen molar-refractivity contribution in [2.75, 3.05) is 12.4 Å². The molecular formula is C16H14BrN3O3. The van der Waals surface area contributed by atoms with Crippen molar-refractivity contribution in [1.29, 1.82) is 0 Å². The van der Waals surface area contributed by atoms with E-state index in [0.717, 1.165) is 15.8 Å². The van der Waals surface area contributed by atoms with Crippen LogP contribution in [0.1, 0.15) is 5.56 Å². The van der Waals surface area contributed by atoms with Crippen LogP contribution in [0.4, 0.5) is 5.69 Å². The first-order valence-corrected chi connectivity index (χ1v) is 7.42. The van der Waals surface area contributed by atoms with Crippen molar-refractivity contribution in [3.05, 3.63) is 58.6 Å². The fraction of sp³-hybridized carbons (Fsp3) is 0.0625. The molecule has 2 aromatic rings. The quantitative estimate of drug-likeness (QED) is 0.489. The summed E-state index contributed by atoms with van der Waals surface area (Å²) in [5, 5.41) is 6.21. The summed E-state index contributed by atoms with van der Waals surface area (Å²) in [4.78, 5) is 23.3. The molecule has 2 amide bonds. The van der Waals surface area contributed by atoms with Crippen LogP contribution in [0.5, 0.6) is 5.75 Å². The number of hydrazone groups is 1. The molecule has 0 aliphatic heterocycles. The first kappa shape index (κ1) is 16.7. The lowest BCUT2D eigenvalue weighted by Gasteiger charge is -2.03. The van der Waals surface area contributed by atoms with Crippen molar-refractivity contribution in [2.24, 2.45) is 5.10 Å². The van der Waals surface area contributed by atoms with Gasteiger partial charge in [0.25, 0.3) is 0 Å². The lowest BCUT2D eigenvalue weighted by Crippen LogP contribution is -2.32. The van der Waals surface area contributed by atoms with E-state index in [1.165, 1.54) is 6.21 Å². The third-order valence-electron chi connectivity index (χ3n) is 2.80. The fourth-order valence-corrected chi connectivity index (χ4v) is 1.89. The van der Waals surface area contributed by atoms with Gasteiger partial charge < -0.3 is 10.1 Å². The average molecular weight is 376 g/mol. The molecule has 0 saturated heterocycles. The zero-order valence-corrected chi connectivity index (χ0v) is 13.8. The Balaban J connectivity index is 1.86. The number of nitrogens with zero attached hydrogens (tertiary/aromatic N) is 1. The van der Waals surface area contributed by atoms with Gasteiger partial charge in [-0.2, -0.15) is 5.10 Å². The fourth-order valence-electron chi connectivity index (χ4n) is 1.63. The molecule has 0 atom stereocenters. The Morgan fingerprint density at radius 2 is 1.70 bits per heavy atom. The maximum absolute atomic E-state index is 11.7. The van der Waals surface area contributed by atoms with Gasteiger partial charge in [0, 0.05) is 10.2 Å². The van der Waals surface area contributed by atoms with E-state index in [-0.39, 0.29) is 0 Å². The highest BCUT2D eigenvalue weighted by atomic mass is 79.9. The molecule has 0 heterocycles. The Hall–Kier alpha value is -2.67. The van der Waals surface area contributed by atoms with E-state index in [9.17, 15) is 9.59 Å². The SMILES string of the molecule is COc1ccc(/C=N\NC(=O)C(=O)Nc2ccc(Br)cc2)cc1. The predicted molar refractivity (Wildman–Crippen MR) is 91.5 cm³/mol. The Morgan fingerprint density at radius 3 is 2.30 bits per heavy atom. The molecule has 7 heteroatoms. The Morgan fingerprint density at radius 1 is 1.04 bits per heavy atom. The van der Waals surface area contributed by atoms with Crippen molar-refractivity contribution in [2.45, 2.75) is 0 Å². The molecule has 2 N–H and O–H groups in total. The molecule has 23 heavy (non-hydrogen) atoms. The number of carbonyl (C=O) groups excluding carboxylic acids is 2. The highest BCUT2D eigenvalue weighted by Gasteiger charge is 2.12. The summed E-state index contributed by atoms with van der Waals surface area (Å²) in [5.74, 6) is -0.919. The largest absolute Gasteiger partial charge is 0.497 e. The molecule has 6 nitrogen and oxygen atoms in total. The van der Waals surface area contributed by atoms with Crippen LogP contribution >= 0.6 is 15.9 Å². The smallest absolute Gasteiger partial charge is 0.329 e. The second kappa shape index (κ2) is 8.09. The van der Waals surface area contributed by atoms with Gasteiger partial charge >= 0.3 is 11.8 Å². The first-order chi connectivity index (χ1) is 11.1. The molecular weight excluding hydrogens is 362 g/mol. The molecule has 0 bridgehead atoms. The second-order valence-corrected chi connectivity index (χ2v) is 5.35. The van der Waals surface area contributed by atoms with Gasteiger partial charge in [-0.25, -0.2) is 5.43 Å². The topological polar surface area (TPSA) is 79.8 Å². The lowest BCUT2D eigenvalue weighted by atomic mass is 10.2. The number of hydrogen-bond donors (Lipinski definition) is 2. The van der Waals surface area contributed by atoms with Crippen LogP contribution in [0.3, 0.4) is 0 Å². The van der Waals surface area contributed by atoms with Crippen LogP contribution in [0, 0.1) is 0 Å². The minimum Gasteiger partial charge on any atom is -0.497 e. The van der Waals surface area contributed by atoms with E-state index in [4.69, 9.17) is 4.74 Å². The number of benzene rings is 2. The third kappa shape index (κ3) is 5.23. The van der Waals surface area contributed by atoms with Crippen molar-refractivity contribution in [3.8, 4) is 5.75 Å². The molecule has 0 aliphatic rings. The Kier molecular flexibility index (Phi) is 5.87. The Labute approximate surface area is 141 Å². The normalized spacial score (nSPS) is 10.3. The summed E-state index contributed by atoms with van der Waals surface area (Å²) < 4.78 is 5.92. The van der Waals surface area contributed by atoms with Gasteiger partial charge in [-0.15, -0.1) is 0 Å². The highest BCUT2D eigenvalue weighted by molar-refractivity contribution is 9.10. The van der Waals surface area contributed by atoms with E-state index in [2.05, 4.69) is 31.8 Å². The number of nitrogens with one attached hydrogen (secondary N) is 2. The van der Waals surface area contributed by atoms with Gasteiger partial charge in [0.15, 0.2) is 0 Å². The van der Waals surface area contributed by atoms with Gasteiger partial charge in [0.1, 0.15) is 5.75 Å². The van der Waals surface area contributed by atoms with Gasteiger partial charge in [-0.3, -0.25) is 9.59 Å². The molecule has 0 unspecified atom stereocenters. The van der Waals surface area contributed by atoms with Crippen molar-refractivity contribution in [1.82, 2.24) is 5.43 Å². The van der Waals surface area contributed by atoms with E-state index in [1.807, 2.05) is 0 Å². The minimum atomic E-state index is -0.849. The average Bonchev–Trinajstić information content (AvgIpc) is 2.57. The molecule has 0 aliphatic carbocycles. The van der Waals surface area contributed by atoms with E-state index in [1.54, 1.807) is 55.6 Å². The van der Waals surface area contributed by atoms with Gasteiger partial charge in [0.05, 0.1) is 13.3 Å². The van der Waals surface area contributed by atoms with Crippen LogP contribution in [-0.2, 0) is 9.59 Å². The molecule has 0 radical (unpaired) electrons. The number of halogens is 1. The van der Waals surface area contributed by atoms with Crippen molar-refractivity contribution >= 4 is 39.6 Å². The molecule has 2 aromatic carbocycles. The van der Waals surface area contributed by atoms with Crippen LogP contribution in [0.25, 0.3) is 0 Å². The Bertz CT molecular complexity index is 712.